The monoisotopic (exact) mass is 322 g/mol. The van der Waals surface area contributed by atoms with Crippen molar-refractivity contribution < 1.29 is 19.0 Å². The summed E-state index contributed by atoms with van der Waals surface area (Å²) in [6.45, 7) is 5.99. The highest BCUT2D eigenvalue weighted by Crippen LogP contribution is 2.42. The lowest BCUT2D eigenvalue weighted by atomic mass is 9.82. The summed E-state index contributed by atoms with van der Waals surface area (Å²) in [5.74, 6) is 0.691. The fourth-order valence-corrected chi connectivity index (χ4v) is 3.30. The summed E-state index contributed by atoms with van der Waals surface area (Å²) in [6.07, 6.45) is 1.65. The molecule has 0 aliphatic carbocycles. The van der Waals surface area contributed by atoms with Gasteiger partial charge in [0.05, 0.1) is 11.7 Å². The molecule has 0 saturated carbocycles. The van der Waals surface area contributed by atoms with Crippen molar-refractivity contribution in [2.45, 2.75) is 51.4 Å². The Kier molecular flexibility index (Phi) is 5.53. The lowest BCUT2D eigenvalue weighted by molar-refractivity contribution is -0.117. The number of carbonyl (C=O) groups is 1. The number of para-hydroxylation sites is 1. The first-order valence-corrected chi connectivity index (χ1v) is 7.98. The second kappa shape index (κ2) is 7.20. The molecule has 0 unspecified atom stereocenters. The van der Waals surface area contributed by atoms with Crippen LogP contribution in [0.5, 0.6) is 5.75 Å². The van der Waals surface area contributed by atoms with Gasteiger partial charge in [0.15, 0.2) is 0 Å². The van der Waals surface area contributed by atoms with Crippen LogP contribution in [0, 0.1) is 5.92 Å². The zero-order valence-corrected chi connectivity index (χ0v) is 14.0. The van der Waals surface area contributed by atoms with Crippen molar-refractivity contribution in [1.29, 1.82) is 0 Å². The number of aldehydes is 1. The van der Waals surface area contributed by atoms with Gasteiger partial charge in [-0.2, -0.15) is 0 Å². The summed E-state index contributed by atoms with van der Waals surface area (Å²) in [4.78, 5) is 11.0. The largest absolute Gasteiger partial charge is 0.450 e. The van der Waals surface area contributed by atoms with E-state index < -0.39 is 5.60 Å². The number of ether oxygens (including phenoxy) is 3. The molecule has 120 valence electrons. The van der Waals surface area contributed by atoms with E-state index in [0.717, 1.165) is 12.7 Å². The highest BCUT2D eigenvalue weighted by molar-refractivity contribution is 7.79. The Morgan fingerprint density at radius 2 is 2.05 bits per heavy atom. The van der Waals surface area contributed by atoms with E-state index >= 15 is 0 Å². The molecule has 0 N–H and O–H groups in total. The molecule has 0 bridgehead atoms. The van der Waals surface area contributed by atoms with E-state index in [2.05, 4.69) is 0 Å². The molecule has 1 fully saturated rings. The average Bonchev–Trinajstić information content (AvgIpc) is 2.73. The van der Waals surface area contributed by atoms with Gasteiger partial charge in [-0.15, -0.1) is 0 Å². The Bertz CT molecular complexity index is 519. The van der Waals surface area contributed by atoms with Crippen LogP contribution in [0.4, 0.5) is 0 Å². The lowest BCUT2D eigenvalue weighted by Gasteiger charge is -2.30. The van der Waals surface area contributed by atoms with Crippen molar-refractivity contribution in [2.75, 3.05) is 0 Å². The van der Waals surface area contributed by atoms with Gasteiger partial charge in [0.1, 0.15) is 18.1 Å². The van der Waals surface area contributed by atoms with Crippen molar-refractivity contribution in [1.82, 2.24) is 0 Å². The maximum absolute atomic E-state index is 11.0. The van der Waals surface area contributed by atoms with Gasteiger partial charge in [0.2, 0.25) is 0 Å². The van der Waals surface area contributed by atoms with Gasteiger partial charge < -0.3 is 19.0 Å². The topological polar surface area (TPSA) is 44.8 Å². The third-order valence-corrected chi connectivity index (χ3v) is 4.59. The van der Waals surface area contributed by atoms with Crippen LogP contribution < -0.4 is 4.74 Å². The predicted octanol–water partition coefficient (Wildman–Crippen LogP) is 3.53. The smallest absolute Gasteiger partial charge is 0.358 e. The van der Waals surface area contributed by atoms with Crippen LogP contribution in [0.15, 0.2) is 30.3 Å². The van der Waals surface area contributed by atoms with E-state index in [4.69, 9.17) is 26.4 Å². The van der Waals surface area contributed by atoms with Crippen molar-refractivity contribution in [3.8, 4) is 5.75 Å². The van der Waals surface area contributed by atoms with Gasteiger partial charge in [-0.25, -0.2) is 0 Å². The Labute approximate surface area is 136 Å². The molecule has 5 heteroatoms. The fourth-order valence-electron chi connectivity index (χ4n) is 3.09. The first-order chi connectivity index (χ1) is 10.5. The van der Waals surface area contributed by atoms with Crippen LogP contribution in [-0.2, 0) is 14.3 Å². The second-order valence-corrected chi connectivity index (χ2v) is 5.98. The summed E-state index contributed by atoms with van der Waals surface area (Å²) in [7, 11) is 0. The lowest BCUT2D eigenvalue weighted by Crippen LogP contribution is -2.38. The molecule has 2 rings (SSSR count). The quantitative estimate of drug-likeness (QED) is 0.613. The highest BCUT2D eigenvalue weighted by Gasteiger charge is 2.51. The number of hydrogen-bond acceptors (Lipinski definition) is 5. The van der Waals surface area contributed by atoms with Gasteiger partial charge in [-0.3, -0.25) is 0 Å². The molecular weight excluding hydrogens is 300 g/mol. The average molecular weight is 322 g/mol. The number of benzene rings is 1. The van der Waals surface area contributed by atoms with E-state index in [-0.39, 0.29) is 23.4 Å². The van der Waals surface area contributed by atoms with Gasteiger partial charge in [0.25, 0.3) is 0 Å². The molecule has 22 heavy (non-hydrogen) atoms. The minimum absolute atomic E-state index is 0.0509. The van der Waals surface area contributed by atoms with Crippen LogP contribution in [0.25, 0.3) is 0 Å². The molecule has 1 heterocycles. The minimum Gasteiger partial charge on any atom is -0.450 e. The number of hydrogen-bond donors (Lipinski definition) is 0. The van der Waals surface area contributed by atoms with E-state index in [0.29, 0.717) is 12.2 Å². The molecule has 0 aromatic heterocycles. The number of carbonyl (C=O) groups excluding carboxylic acids is 1. The van der Waals surface area contributed by atoms with Crippen molar-refractivity contribution in [2.24, 2.45) is 5.92 Å². The van der Waals surface area contributed by atoms with Gasteiger partial charge >= 0.3 is 5.24 Å². The molecule has 1 aliphatic heterocycles. The summed E-state index contributed by atoms with van der Waals surface area (Å²) < 4.78 is 17.4. The van der Waals surface area contributed by atoms with Gasteiger partial charge in [0, 0.05) is 24.6 Å². The summed E-state index contributed by atoms with van der Waals surface area (Å²) in [5, 5.41) is 0.0801. The summed E-state index contributed by atoms with van der Waals surface area (Å²) in [6, 6.07) is 9.27. The fraction of sp³-hybridized carbons (Fsp3) is 0.529. The van der Waals surface area contributed by atoms with Crippen LogP contribution in [0.3, 0.4) is 0 Å². The van der Waals surface area contributed by atoms with Crippen molar-refractivity contribution in [3.05, 3.63) is 30.3 Å². The molecular formula is C17H22O4S. The summed E-state index contributed by atoms with van der Waals surface area (Å²) >= 11 is 5.18. The molecule has 4 atom stereocenters. The van der Waals surface area contributed by atoms with Crippen LogP contribution >= 0.6 is 12.2 Å². The van der Waals surface area contributed by atoms with Crippen molar-refractivity contribution >= 4 is 23.7 Å². The van der Waals surface area contributed by atoms with Gasteiger partial charge in [-0.05, 0) is 25.5 Å². The third kappa shape index (κ3) is 3.47. The molecule has 1 saturated heterocycles. The molecule has 0 spiro atoms. The maximum Gasteiger partial charge on any atom is 0.358 e. The minimum atomic E-state index is -0.478. The number of thiocarbonyl (C=S) groups is 1. The van der Waals surface area contributed by atoms with Crippen LogP contribution in [-0.4, -0.2) is 29.3 Å². The van der Waals surface area contributed by atoms with E-state index in [1.54, 1.807) is 0 Å². The SMILES string of the molecule is CC[C@]1(CC=O)O[C@@H](C)[C@H](OC(=S)Oc2ccccc2)[C@H]1C. The first kappa shape index (κ1) is 16.9. The van der Waals surface area contributed by atoms with E-state index in [9.17, 15) is 4.79 Å². The Morgan fingerprint density at radius 1 is 1.36 bits per heavy atom. The molecule has 1 aliphatic rings. The molecule has 1 aromatic carbocycles. The normalized spacial score (nSPS) is 30.8. The standard InChI is InChI=1S/C17H22O4S/c1-4-17(10-11-18)12(2)15(13(3)21-17)20-16(22)19-14-8-6-5-7-9-14/h5-9,11-13,15H,4,10H2,1-3H3/t12-,13+,15-,17-/m1/s1. The zero-order chi connectivity index (χ0) is 16.2. The highest BCUT2D eigenvalue weighted by atomic mass is 32.1. The van der Waals surface area contributed by atoms with E-state index in [1.807, 2.05) is 51.1 Å². The first-order valence-electron chi connectivity index (χ1n) is 7.57. The Balaban J connectivity index is 2.03. The molecule has 0 amide bonds. The maximum atomic E-state index is 11.0. The summed E-state index contributed by atoms with van der Waals surface area (Å²) in [5.41, 5.74) is -0.478. The molecule has 0 radical (unpaired) electrons. The van der Waals surface area contributed by atoms with Crippen LogP contribution in [0.1, 0.15) is 33.6 Å². The third-order valence-electron chi connectivity index (χ3n) is 4.41. The molecule has 4 nitrogen and oxygen atoms in total. The number of rotatable bonds is 5. The van der Waals surface area contributed by atoms with Crippen molar-refractivity contribution in [3.63, 3.8) is 0 Å². The predicted molar refractivity (Wildman–Crippen MR) is 88.0 cm³/mol. The molecule has 1 aromatic rings. The van der Waals surface area contributed by atoms with Gasteiger partial charge in [-0.1, -0.05) is 32.0 Å². The zero-order valence-electron chi connectivity index (χ0n) is 13.2. The van der Waals surface area contributed by atoms with Crippen LogP contribution in [0.2, 0.25) is 0 Å². The van der Waals surface area contributed by atoms with E-state index in [1.165, 1.54) is 0 Å². The Hall–Kier alpha value is -1.46. The second-order valence-electron chi connectivity index (χ2n) is 5.65. The Morgan fingerprint density at radius 3 is 2.64 bits per heavy atom.